The second kappa shape index (κ2) is 10.8. The minimum absolute atomic E-state index is 0.115. The fourth-order valence-electron chi connectivity index (χ4n) is 3.29. The molecule has 2 amide bonds. The predicted octanol–water partition coefficient (Wildman–Crippen LogP) is 4.18. The molecule has 162 valence electrons. The highest BCUT2D eigenvalue weighted by Gasteiger charge is 2.26. The van der Waals surface area contributed by atoms with Gasteiger partial charge in [-0.2, -0.15) is 0 Å². The largest absolute Gasteiger partial charge is 0.484 e. The summed E-state index contributed by atoms with van der Waals surface area (Å²) in [5, 5.41) is 2.93. The second-order valence-corrected chi connectivity index (χ2v) is 8.44. The van der Waals surface area contributed by atoms with Gasteiger partial charge in [0.15, 0.2) is 6.61 Å². The zero-order valence-corrected chi connectivity index (χ0v) is 19.0. The molecule has 0 aliphatic carbocycles. The number of rotatable bonds is 9. The number of nitrogens with zero attached hydrogens (tertiary/aromatic N) is 1. The maximum absolute atomic E-state index is 13.1. The summed E-state index contributed by atoms with van der Waals surface area (Å²) in [4.78, 5) is 27.3. The molecule has 0 aromatic heterocycles. The van der Waals surface area contributed by atoms with Crippen molar-refractivity contribution in [1.82, 2.24) is 10.2 Å². The molecule has 0 saturated heterocycles. The molecule has 0 bridgehead atoms. The number of benzene rings is 2. The van der Waals surface area contributed by atoms with E-state index in [9.17, 15) is 9.59 Å². The summed E-state index contributed by atoms with van der Waals surface area (Å²) in [7, 11) is 0. The topological polar surface area (TPSA) is 58.6 Å². The molecule has 5 heteroatoms. The number of ether oxygens (including phenoxy) is 1. The van der Waals surface area contributed by atoms with Crippen LogP contribution in [0.1, 0.15) is 43.0 Å². The lowest BCUT2D eigenvalue weighted by molar-refractivity contribution is -0.142. The Hall–Kier alpha value is -2.82. The van der Waals surface area contributed by atoms with Crippen LogP contribution in [0.15, 0.2) is 42.5 Å². The van der Waals surface area contributed by atoms with E-state index in [0.717, 1.165) is 22.3 Å². The van der Waals surface area contributed by atoms with E-state index in [4.69, 9.17) is 4.74 Å². The first-order valence-corrected chi connectivity index (χ1v) is 10.5. The Labute approximate surface area is 180 Å². The number of hydrogen-bond donors (Lipinski definition) is 1. The Bertz CT molecular complexity index is 856. The number of carbonyl (C=O) groups is 2. The van der Waals surface area contributed by atoms with Gasteiger partial charge in [0, 0.05) is 13.1 Å². The van der Waals surface area contributed by atoms with Gasteiger partial charge in [0.05, 0.1) is 0 Å². The normalized spacial score (nSPS) is 11.8. The predicted molar refractivity (Wildman–Crippen MR) is 120 cm³/mol. The minimum atomic E-state index is -0.598. The first-order chi connectivity index (χ1) is 14.2. The van der Waals surface area contributed by atoms with Crippen molar-refractivity contribution in [3.8, 4) is 5.75 Å². The highest BCUT2D eigenvalue weighted by molar-refractivity contribution is 5.88. The lowest BCUT2D eigenvalue weighted by atomic mass is 10.1. The summed E-state index contributed by atoms with van der Waals surface area (Å²) in [5.41, 5.74) is 4.26. The van der Waals surface area contributed by atoms with Gasteiger partial charge in [-0.25, -0.2) is 0 Å². The van der Waals surface area contributed by atoms with E-state index < -0.39 is 6.04 Å². The molecular weight excluding hydrogens is 376 g/mol. The summed E-state index contributed by atoms with van der Waals surface area (Å²) in [6.45, 7) is 12.7. The highest BCUT2D eigenvalue weighted by Crippen LogP contribution is 2.17. The van der Waals surface area contributed by atoms with Gasteiger partial charge in [-0.1, -0.05) is 49.7 Å². The SMILES string of the molecule is Cc1cccc(CN(C(=O)COc2cc(C)cc(C)c2)[C@H](C)C(=O)NCC(C)C)c1. The lowest BCUT2D eigenvalue weighted by Gasteiger charge is -2.29. The van der Waals surface area contributed by atoms with E-state index in [1.54, 1.807) is 11.8 Å². The molecule has 0 saturated carbocycles. The molecule has 2 rings (SSSR count). The van der Waals surface area contributed by atoms with E-state index in [-0.39, 0.29) is 18.4 Å². The van der Waals surface area contributed by atoms with Crippen LogP contribution in [0.5, 0.6) is 5.75 Å². The van der Waals surface area contributed by atoms with Crippen LogP contribution in [0.4, 0.5) is 0 Å². The second-order valence-electron chi connectivity index (χ2n) is 8.44. The first kappa shape index (κ1) is 23.5. The molecule has 1 N–H and O–H groups in total. The molecule has 2 aromatic carbocycles. The average Bonchev–Trinajstić information content (AvgIpc) is 2.67. The van der Waals surface area contributed by atoms with Crippen LogP contribution in [0.25, 0.3) is 0 Å². The lowest BCUT2D eigenvalue weighted by Crippen LogP contribution is -2.49. The summed E-state index contributed by atoms with van der Waals surface area (Å²) in [5.74, 6) is 0.627. The zero-order chi connectivity index (χ0) is 22.3. The third kappa shape index (κ3) is 7.21. The van der Waals surface area contributed by atoms with E-state index in [1.807, 2.05) is 71.0 Å². The standard InChI is InChI=1S/C25H34N2O3/c1-17(2)14-26-25(29)21(6)27(15-22-9-7-8-18(3)11-22)24(28)16-30-23-12-19(4)10-20(5)13-23/h7-13,17,21H,14-16H2,1-6H3,(H,26,29)/t21-/m1/s1. The molecule has 0 heterocycles. The fraction of sp³-hybridized carbons (Fsp3) is 0.440. The van der Waals surface area contributed by atoms with Crippen molar-refractivity contribution in [3.63, 3.8) is 0 Å². The van der Waals surface area contributed by atoms with Crippen LogP contribution in [-0.4, -0.2) is 35.9 Å². The van der Waals surface area contributed by atoms with Gasteiger partial charge >= 0.3 is 0 Å². The zero-order valence-electron chi connectivity index (χ0n) is 19.0. The molecule has 2 aromatic rings. The van der Waals surface area contributed by atoms with Crippen molar-refractivity contribution in [2.45, 2.75) is 54.1 Å². The minimum Gasteiger partial charge on any atom is -0.484 e. The van der Waals surface area contributed by atoms with Gasteiger partial charge in [0.2, 0.25) is 5.91 Å². The van der Waals surface area contributed by atoms with Gasteiger partial charge in [-0.15, -0.1) is 0 Å². The number of nitrogens with one attached hydrogen (secondary N) is 1. The highest BCUT2D eigenvalue weighted by atomic mass is 16.5. The quantitative estimate of drug-likeness (QED) is 0.675. The van der Waals surface area contributed by atoms with Gasteiger partial charge in [-0.3, -0.25) is 9.59 Å². The van der Waals surface area contributed by atoms with Crippen LogP contribution in [-0.2, 0) is 16.1 Å². The maximum Gasteiger partial charge on any atom is 0.261 e. The van der Waals surface area contributed by atoms with E-state index in [1.165, 1.54) is 0 Å². The number of hydrogen-bond acceptors (Lipinski definition) is 3. The summed E-state index contributed by atoms with van der Waals surface area (Å²) in [6, 6.07) is 13.2. The number of amides is 2. The van der Waals surface area contributed by atoms with E-state index in [0.29, 0.717) is 24.8 Å². The molecule has 5 nitrogen and oxygen atoms in total. The summed E-state index contributed by atoms with van der Waals surface area (Å²) in [6.07, 6.45) is 0. The van der Waals surface area contributed by atoms with Crippen molar-refractivity contribution in [3.05, 3.63) is 64.7 Å². The van der Waals surface area contributed by atoms with E-state index >= 15 is 0 Å². The smallest absolute Gasteiger partial charge is 0.261 e. The molecule has 0 unspecified atom stereocenters. The third-order valence-corrected chi connectivity index (χ3v) is 4.84. The molecule has 0 spiro atoms. The molecule has 0 radical (unpaired) electrons. The van der Waals surface area contributed by atoms with Crippen molar-refractivity contribution in [1.29, 1.82) is 0 Å². The van der Waals surface area contributed by atoms with Crippen molar-refractivity contribution >= 4 is 11.8 Å². The molecule has 0 aliphatic rings. The van der Waals surface area contributed by atoms with Gasteiger partial charge < -0.3 is 15.0 Å². The average molecular weight is 411 g/mol. The molecule has 0 fully saturated rings. The third-order valence-electron chi connectivity index (χ3n) is 4.84. The monoisotopic (exact) mass is 410 g/mol. The first-order valence-electron chi connectivity index (χ1n) is 10.5. The molecular formula is C25H34N2O3. The van der Waals surface area contributed by atoms with Crippen molar-refractivity contribution in [2.75, 3.05) is 13.2 Å². The van der Waals surface area contributed by atoms with Crippen LogP contribution in [0.2, 0.25) is 0 Å². The maximum atomic E-state index is 13.1. The van der Waals surface area contributed by atoms with Crippen LogP contribution in [0.3, 0.4) is 0 Å². The van der Waals surface area contributed by atoms with Crippen LogP contribution < -0.4 is 10.1 Å². The fourth-order valence-corrected chi connectivity index (χ4v) is 3.29. The van der Waals surface area contributed by atoms with Crippen molar-refractivity contribution < 1.29 is 14.3 Å². The van der Waals surface area contributed by atoms with Crippen LogP contribution >= 0.6 is 0 Å². The molecule has 1 atom stereocenters. The summed E-state index contributed by atoms with van der Waals surface area (Å²) >= 11 is 0. The van der Waals surface area contributed by atoms with E-state index in [2.05, 4.69) is 11.4 Å². The molecule has 30 heavy (non-hydrogen) atoms. The van der Waals surface area contributed by atoms with Gasteiger partial charge in [0.1, 0.15) is 11.8 Å². The van der Waals surface area contributed by atoms with Gasteiger partial charge in [-0.05, 0) is 62.4 Å². The van der Waals surface area contributed by atoms with Crippen LogP contribution in [0, 0.1) is 26.7 Å². The Morgan fingerprint density at radius 3 is 2.23 bits per heavy atom. The van der Waals surface area contributed by atoms with Crippen molar-refractivity contribution in [2.24, 2.45) is 5.92 Å². The van der Waals surface area contributed by atoms with Gasteiger partial charge in [0.25, 0.3) is 5.91 Å². The Morgan fingerprint density at radius 2 is 1.63 bits per heavy atom. The Kier molecular flexibility index (Phi) is 8.46. The Morgan fingerprint density at radius 1 is 0.967 bits per heavy atom. The molecule has 0 aliphatic heterocycles. The summed E-state index contributed by atoms with van der Waals surface area (Å²) < 4.78 is 5.78. The Balaban J connectivity index is 2.15. The number of aryl methyl sites for hydroxylation is 3. The number of carbonyl (C=O) groups excluding carboxylic acids is 2.